The Morgan fingerprint density at radius 1 is 1.13 bits per heavy atom. The van der Waals surface area contributed by atoms with Crippen molar-refractivity contribution < 1.29 is 4.79 Å². The number of benzene rings is 2. The standard InChI is InChI=1S/C19H21BrN2O/c1-19(2,16-5-7-17(20)8-6-16)18(23)22-10-13-3-4-14-11-21-12-15(14)9-13/h3-9,21H,10-12H2,1-2H3,(H,22,23). The molecule has 1 aliphatic heterocycles. The summed E-state index contributed by atoms with van der Waals surface area (Å²) >= 11 is 3.43. The molecule has 3 nitrogen and oxygen atoms in total. The smallest absolute Gasteiger partial charge is 0.230 e. The molecule has 4 heteroatoms. The predicted molar refractivity (Wildman–Crippen MR) is 96.0 cm³/mol. The van der Waals surface area contributed by atoms with Crippen LogP contribution in [0.15, 0.2) is 46.9 Å². The summed E-state index contributed by atoms with van der Waals surface area (Å²) in [6.45, 7) is 6.34. The normalized spacial score (nSPS) is 13.7. The van der Waals surface area contributed by atoms with E-state index >= 15 is 0 Å². The lowest BCUT2D eigenvalue weighted by Gasteiger charge is -2.24. The maximum absolute atomic E-state index is 12.6. The first-order chi connectivity index (χ1) is 11.0. The van der Waals surface area contributed by atoms with Crippen molar-refractivity contribution in [1.29, 1.82) is 0 Å². The second kappa shape index (κ2) is 6.46. The van der Waals surface area contributed by atoms with Gasteiger partial charge in [0.1, 0.15) is 0 Å². The van der Waals surface area contributed by atoms with Crippen molar-refractivity contribution >= 4 is 21.8 Å². The van der Waals surface area contributed by atoms with E-state index in [1.165, 1.54) is 11.1 Å². The van der Waals surface area contributed by atoms with Crippen molar-refractivity contribution in [3.8, 4) is 0 Å². The lowest BCUT2D eigenvalue weighted by molar-refractivity contribution is -0.125. The number of halogens is 1. The van der Waals surface area contributed by atoms with E-state index in [9.17, 15) is 4.79 Å². The maximum atomic E-state index is 12.6. The second-order valence-electron chi connectivity index (χ2n) is 6.52. The Balaban J connectivity index is 1.67. The molecule has 1 aliphatic rings. The van der Waals surface area contributed by atoms with Crippen LogP contribution in [-0.4, -0.2) is 5.91 Å². The molecule has 0 bridgehead atoms. The Morgan fingerprint density at radius 2 is 1.83 bits per heavy atom. The van der Waals surface area contributed by atoms with Crippen LogP contribution in [0, 0.1) is 0 Å². The van der Waals surface area contributed by atoms with Gasteiger partial charge in [-0.1, -0.05) is 46.3 Å². The molecule has 0 saturated heterocycles. The molecule has 0 spiro atoms. The van der Waals surface area contributed by atoms with Crippen LogP contribution in [0.2, 0.25) is 0 Å². The molecule has 23 heavy (non-hydrogen) atoms. The average Bonchev–Trinajstić information content (AvgIpc) is 3.00. The number of amides is 1. The van der Waals surface area contributed by atoms with Gasteiger partial charge >= 0.3 is 0 Å². The van der Waals surface area contributed by atoms with E-state index in [0.29, 0.717) is 6.54 Å². The first kappa shape index (κ1) is 16.2. The molecule has 120 valence electrons. The Kier molecular flexibility index (Phi) is 4.55. The molecule has 0 fully saturated rings. The fourth-order valence-corrected chi connectivity index (χ4v) is 3.12. The molecule has 3 rings (SSSR count). The van der Waals surface area contributed by atoms with Crippen LogP contribution in [0.5, 0.6) is 0 Å². The molecule has 0 saturated carbocycles. The van der Waals surface area contributed by atoms with Crippen molar-refractivity contribution in [2.24, 2.45) is 0 Å². The highest BCUT2D eigenvalue weighted by Crippen LogP contribution is 2.25. The van der Waals surface area contributed by atoms with Gasteiger partial charge in [0.05, 0.1) is 5.41 Å². The van der Waals surface area contributed by atoms with Crippen LogP contribution in [0.1, 0.15) is 36.1 Å². The van der Waals surface area contributed by atoms with E-state index in [1.54, 1.807) is 0 Å². The van der Waals surface area contributed by atoms with Gasteiger partial charge < -0.3 is 10.6 Å². The number of hydrogen-bond acceptors (Lipinski definition) is 2. The quantitative estimate of drug-likeness (QED) is 0.859. The van der Waals surface area contributed by atoms with Gasteiger partial charge in [-0.15, -0.1) is 0 Å². The highest BCUT2D eigenvalue weighted by molar-refractivity contribution is 9.10. The Morgan fingerprint density at radius 3 is 2.57 bits per heavy atom. The van der Waals surface area contributed by atoms with Crippen molar-refractivity contribution in [3.63, 3.8) is 0 Å². The molecular weight excluding hydrogens is 352 g/mol. The Hall–Kier alpha value is -1.65. The number of fused-ring (bicyclic) bond motifs is 1. The Labute approximate surface area is 145 Å². The summed E-state index contributed by atoms with van der Waals surface area (Å²) in [5.41, 5.74) is 4.29. The molecule has 0 unspecified atom stereocenters. The maximum Gasteiger partial charge on any atom is 0.230 e. The van der Waals surface area contributed by atoms with E-state index in [4.69, 9.17) is 0 Å². The zero-order valence-corrected chi connectivity index (χ0v) is 15.0. The summed E-state index contributed by atoms with van der Waals surface area (Å²) in [4.78, 5) is 12.6. The number of nitrogens with one attached hydrogen (secondary N) is 2. The number of hydrogen-bond donors (Lipinski definition) is 2. The van der Waals surface area contributed by atoms with Crippen LogP contribution >= 0.6 is 15.9 Å². The van der Waals surface area contributed by atoms with Crippen LogP contribution in [-0.2, 0) is 29.8 Å². The van der Waals surface area contributed by atoms with Crippen LogP contribution in [0.4, 0.5) is 0 Å². The summed E-state index contributed by atoms with van der Waals surface area (Å²) in [5.74, 6) is 0.0402. The third kappa shape index (κ3) is 3.48. The fourth-order valence-electron chi connectivity index (χ4n) is 2.86. The molecule has 0 atom stereocenters. The van der Waals surface area contributed by atoms with Gasteiger partial charge in [-0.2, -0.15) is 0 Å². The Bertz CT molecular complexity index is 723. The molecular formula is C19H21BrN2O. The summed E-state index contributed by atoms with van der Waals surface area (Å²) in [6, 6.07) is 14.4. The number of carbonyl (C=O) groups excluding carboxylic acids is 1. The van der Waals surface area contributed by atoms with E-state index in [1.807, 2.05) is 38.1 Å². The monoisotopic (exact) mass is 372 g/mol. The average molecular weight is 373 g/mol. The zero-order valence-electron chi connectivity index (χ0n) is 13.4. The molecule has 0 aliphatic carbocycles. The highest BCUT2D eigenvalue weighted by Gasteiger charge is 2.29. The van der Waals surface area contributed by atoms with Crippen LogP contribution < -0.4 is 10.6 Å². The summed E-state index contributed by atoms with van der Waals surface area (Å²) in [5, 5.41) is 6.41. The van der Waals surface area contributed by atoms with E-state index in [2.05, 4.69) is 44.8 Å². The van der Waals surface area contributed by atoms with Crippen LogP contribution in [0.25, 0.3) is 0 Å². The van der Waals surface area contributed by atoms with Crippen molar-refractivity contribution in [3.05, 3.63) is 69.2 Å². The van der Waals surface area contributed by atoms with E-state index in [-0.39, 0.29) is 5.91 Å². The molecule has 1 amide bonds. The SMILES string of the molecule is CC(C)(C(=O)NCc1ccc2c(c1)CNC2)c1ccc(Br)cc1. The van der Waals surface area contributed by atoms with Gasteiger partial charge in [-0.05, 0) is 48.2 Å². The molecule has 2 N–H and O–H groups in total. The lowest BCUT2D eigenvalue weighted by atomic mass is 9.83. The first-order valence-electron chi connectivity index (χ1n) is 7.82. The first-order valence-corrected chi connectivity index (χ1v) is 8.62. The summed E-state index contributed by atoms with van der Waals surface area (Å²) in [6.07, 6.45) is 0. The molecule has 2 aromatic rings. The van der Waals surface area contributed by atoms with E-state index < -0.39 is 5.41 Å². The van der Waals surface area contributed by atoms with Gasteiger partial charge in [0.15, 0.2) is 0 Å². The number of rotatable bonds is 4. The van der Waals surface area contributed by atoms with Gasteiger partial charge in [0, 0.05) is 24.1 Å². The van der Waals surface area contributed by atoms with Gasteiger partial charge in [0.2, 0.25) is 5.91 Å². The van der Waals surface area contributed by atoms with Crippen molar-refractivity contribution in [2.45, 2.75) is 38.9 Å². The second-order valence-corrected chi connectivity index (χ2v) is 7.44. The molecule has 1 heterocycles. The molecule has 0 aromatic heterocycles. The zero-order chi connectivity index (χ0) is 16.4. The predicted octanol–water partition coefficient (Wildman–Crippen LogP) is 3.65. The third-order valence-electron chi connectivity index (χ3n) is 4.49. The third-order valence-corrected chi connectivity index (χ3v) is 5.02. The minimum atomic E-state index is -0.557. The van der Waals surface area contributed by atoms with Gasteiger partial charge in [-0.25, -0.2) is 0 Å². The molecule has 0 radical (unpaired) electrons. The summed E-state index contributed by atoms with van der Waals surface area (Å²) < 4.78 is 1.02. The van der Waals surface area contributed by atoms with Crippen LogP contribution in [0.3, 0.4) is 0 Å². The topological polar surface area (TPSA) is 41.1 Å². The van der Waals surface area contributed by atoms with Crippen molar-refractivity contribution in [1.82, 2.24) is 10.6 Å². The highest BCUT2D eigenvalue weighted by atomic mass is 79.9. The van der Waals surface area contributed by atoms with Crippen molar-refractivity contribution in [2.75, 3.05) is 0 Å². The van der Waals surface area contributed by atoms with Gasteiger partial charge in [-0.3, -0.25) is 4.79 Å². The minimum absolute atomic E-state index is 0.0402. The largest absolute Gasteiger partial charge is 0.351 e. The summed E-state index contributed by atoms with van der Waals surface area (Å²) in [7, 11) is 0. The number of carbonyl (C=O) groups is 1. The fraction of sp³-hybridized carbons (Fsp3) is 0.316. The molecule has 2 aromatic carbocycles. The lowest BCUT2D eigenvalue weighted by Crippen LogP contribution is -2.39. The van der Waals surface area contributed by atoms with E-state index in [0.717, 1.165) is 28.7 Å². The minimum Gasteiger partial charge on any atom is -0.351 e. The van der Waals surface area contributed by atoms with Gasteiger partial charge in [0.25, 0.3) is 0 Å².